The fourth-order valence-electron chi connectivity index (χ4n) is 4.40. The average Bonchev–Trinajstić information content (AvgIpc) is 3.36. The van der Waals surface area contributed by atoms with Crippen LogP contribution in [0.25, 0.3) is 10.4 Å². The van der Waals surface area contributed by atoms with Gasteiger partial charge in [0.15, 0.2) is 0 Å². The Labute approximate surface area is 164 Å². The van der Waals surface area contributed by atoms with Gasteiger partial charge in [-0.2, -0.15) is 0 Å². The van der Waals surface area contributed by atoms with E-state index in [2.05, 4.69) is 29.6 Å². The van der Waals surface area contributed by atoms with Gasteiger partial charge in [-0.1, -0.05) is 0 Å². The zero-order chi connectivity index (χ0) is 17.4. The Morgan fingerprint density at radius 2 is 1.92 bits per heavy atom. The first-order valence-electron chi connectivity index (χ1n) is 8.92. The van der Waals surface area contributed by atoms with Crippen molar-refractivity contribution >= 4 is 29.7 Å². The van der Waals surface area contributed by atoms with E-state index in [4.69, 9.17) is 10.5 Å². The van der Waals surface area contributed by atoms with Crippen LogP contribution in [-0.4, -0.2) is 19.1 Å². The van der Waals surface area contributed by atoms with E-state index in [-0.39, 0.29) is 30.3 Å². The monoisotopic (exact) mass is 392 g/mol. The molecule has 6 heteroatoms. The van der Waals surface area contributed by atoms with Gasteiger partial charge in [0.05, 0.1) is 19.6 Å². The summed E-state index contributed by atoms with van der Waals surface area (Å²) < 4.78 is 5.20. The summed E-state index contributed by atoms with van der Waals surface area (Å²) in [5.74, 6) is 2.07. The lowest BCUT2D eigenvalue weighted by Crippen LogP contribution is -2.45. The highest BCUT2D eigenvalue weighted by Gasteiger charge is 2.48. The van der Waals surface area contributed by atoms with Crippen molar-refractivity contribution in [3.63, 3.8) is 0 Å². The Morgan fingerprint density at radius 1 is 1.19 bits per heavy atom. The van der Waals surface area contributed by atoms with Crippen molar-refractivity contribution in [3.05, 3.63) is 41.3 Å². The van der Waals surface area contributed by atoms with Crippen molar-refractivity contribution in [1.82, 2.24) is 5.32 Å². The third-order valence-electron chi connectivity index (χ3n) is 5.76. The van der Waals surface area contributed by atoms with Gasteiger partial charge in [0.25, 0.3) is 0 Å². The molecule has 2 aliphatic rings. The number of nitrogens with two attached hydrogens (primary N) is 1. The van der Waals surface area contributed by atoms with E-state index in [9.17, 15) is 4.79 Å². The number of nitrogens with one attached hydrogen (secondary N) is 1. The zero-order valence-electron chi connectivity index (χ0n) is 14.8. The van der Waals surface area contributed by atoms with E-state index in [1.807, 2.05) is 12.1 Å². The number of ether oxygens (including phenoxy) is 1. The number of benzene rings is 1. The third-order valence-corrected chi connectivity index (χ3v) is 6.89. The van der Waals surface area contributed by atoms with Crippen molar-refractivity contribution in [2.75, 3.05) is 7.11 Å². The highest BCUT2D eigenvalue weighted by atomic mass is 35.5. The van der Waals surface area contributed by atoms with Gasteiger partial charge in [-0.15, -0.1) is 23.7 Å². The first-order valence-corrected chi connectivity index (χ1v) is 9.74. The molecule has 0 saturated heterocycles. The number of halogens is 1. The molecule has 26 heavy (non-hydrogen) atoms. The third kappa shape index (κ3) is 3.61. The summed E-state index contributed by atoms with van der Waals surface area (Å²) in [6.07, 6.45) is 3.50. The van der Waals surface area contributed by atoms with Crippen molar-refractivity contribution in [3.8, 4) is 16.2 Å². The number of carbonyl (C=O) groups excluding carboxylic acids is 1. The van der Waals surface area contributed by atoms with Crippen LogP contribution >= 0.6 is 23.7 Å². The summed E-state index contributed by atoms with van der Waals surface area (Å²) in [5.41, 5.74) is 7.43. The molecule has 1 amide bonds. The molecule has 2 saturated carbocycles. The molecule has 4 atom stereocenters. The maximum Gasteiger partial charge on any atom is 0.225 e. The molecule has 2 fully saturated rings. The second kappa shape index (κ2) is 7.99. The molecule has 4 nitrogen and oxygen atoms in total. The van der Waals surface area contributed by atoms with Gasteiger partial charge < -0.3 is 15.8 Å². The normalized spacial score (nSPS) is 26.4. The maximum absolute atomic E-state index is 12.6. The lowest BCUT2D eigenvalue weighted by molar-refractivity contribution is -0.127. The SMILES string of the molecule is COc1ccc(-c2ccc(CNC(=O)C3C4CCC(C4)C3N)s2)cc1.Cl. The summed E-state index contributed by atoms with van der Waals surface area (Å²) in [4.78, 5) is 14.9. The molecular formula is C20H25ClN2O2S. The first kappa shape index (κ1) is 19.2. The molecule has 2 bridgehead atoms. The van der Waals surface area contributed by atoms with E-state index in [0.29, 0.717) is 18.4 Å². The van der Waals surface area contributed by atoms with Crippen LogP contribution in [-0.2, 0) is 11.3 Å². The second-order valence-corrected chi connectivity index (χ2v) is 8.32. The summed E-state index contributed by atoms with van der Waals surface area (Å²) in [6.45, 7) is 0.584. The Bertz CT molecular complexity index is 759. The van der Waals surface area contributed by atoms with Crippen LogP contribution in [0.5, 0.6) is 5.75 Å². The number of hydrogen-bond acceptors (Lipinski definition) is 4. The zero-order valence-corrected chi connectivity index (χ0v) is 16.4. The van der Waals surface area contributed by atoms with Gasteiger partial charge in [0.1, 0.15) is 5.75 Å². The van der Waals surface area contributed by atoms with Gasteiger partial charge in [-0.25, -0.2) is 0 Å². The van der Waals surface area contributed by atoms with E-state index in [0.717, 1.165) is 23.5 Å². The number of rotatable bonds is 5. The molecular weight excluding hydrogens is 368 g/mol. The largest absolute Gasteiger partial charge is 0.497 e. The summed E-state index contributed by atoms with van der Waals surface area (Å²) >= 11 is 1.71. The number of amides is 1. The molecule has 0 aliphatic heterocycles. The molecule has 140 valence electrons. The molecule has 2 aromatic rings. The molecule has 4 rings (SSSR count). The maximum atomic E-state index is 12.6. The number of hydrogen-bond donors (Lipinski definition) is 2. The van der Waals surface area contributed by atoms with E-state index in [1.54, 1.807) is 18.4 Å². The van der Waals surface area contributed by atoms with E-state index in [1.165, 1.54) is 16.9 Å². The number of carbonyl (C=O) groups is 1. The molecule has 1 aromatic carbocycles. The highest BCUT2D eigenvalue weighted by molar-refractivity contribution is 7.15. The molecule has 4 unspecified atom stereocenters. The number of fused-ring (bicyclic) bond motifs is 2. The van der Waals surface area contributed by atoms with E-state index < -0.39 is 0 Å². The Morgan fingerprint density at radius 3 is 2.58 bits per heavy atom. The Balaban J connectivity index is 0.00000196. The van der Waals surface area contributed by atoms with Gasteiger partial charge >= 0.3 is 0 Å². The molecule has 3 N–H and O–H groups in total. The van der Waals surface area contributed by atoms with E-state index >= 15 is 0 Å². The molecule has 0 radical (unpaired) electrons. The first-order chi connectivity index (χ1) is 12.2. The highest BCUT2D eigenvalue weighted by Crippen LogP contribution is 2.47. The quantitative estimate of drug-likeness (QED) is 0.812. The van der Waals surface area contributed by atoms with Crippen LogP contribution in [0.1, 0.15) is 24.1 Å². The Hall–Kier alpha value is -1.56. The minimum Gasteiger partial charge on any atom is -0.497 e. The summed E-state index contributed by atoms with van der Waals surface area (Å²) in [6, 6.07) is 12.3. The molecule has 1 aromatic heterocycles. The van der Waals surface area contributed by atoms with Crippen LogP contribution < -0.4 is 15.8 Å². The van der Waals surface area contributed by atoms with Gasteiger partial charge in [0.2, 0.25) is 5.91 Å². The fourth-order valence-corrected chi connectivity index (χ4v) is 5.35. The molecule has 1 heterocycles. The summed E-state index contributed by atoms with van der Waals surface area (Å²) in [7, 11) is 1.67. The van der Waals surface area contributed by atoms with Gasteiger partial charge in [-0.3, -0.25) is 4.79 Å². The second-order valence-electron chi connectivity index (χ2n) is 7.15. The minimum absolute atomic E-state index is 0. The number of methoxy groups -OCH3 is 1. The average molecular weight is 393 g/mol. The fraction of sp³-hybridized carbons (Fsp3) is 0.450. The van der Waals surface area contributed by atoms with Crippen molar-refractivity contribution < 1.29 is 9.53 Å². The number of thiophene rings is 1. The van der Waals surface area contributed by atoms with Crippen LogP contribution in [0.15, 0.2) is 36.4 Å². The molecule has 2 aliphatic carbocycles. The standard InChI is InChI=1S/C20H24N2O2S.ClH/c1-24-15-6-4-12(5-7-15)17-9-8-16(25-17)11-22-20(23)18-13-2-3-14(10-13)19(18)21;/h4-9,13-14,18-19H,2-3,10-11,21H2,1H3,(H,22,23);1H. The van der Waals surface area contributed by atoms with Crippen molar-refractivity contribution in [2.24, 2.45) is 23.5 Å². The summed E-state index contributed by atoms with van der Waals surface area (Å²) in [5, 5.41) is 3.11. The van der Waals surface area contributed by atoms with Crippen molar-refractivity contribution in [2.45, 2.75) is 31.8 Å². The smallest absolute Gasteiger partial charge is 0.225 e. The van der Waals surface area contributed by atoms with Crippen LogP contribution in [0, 0.1) is 17.8 Å². The van der Waals surface area contributed by atoms with Crippen LogP contribution in [0.4, 0.5) is 0 Å². The topological polar surface area (TPSA) is 64.3 Å². The minimum atomic E-state index is 0. The van der Waals surface area contributed by atoms with Crippen LogP contribution in [0.3, 0.4) is 0 Å². The predicted molar refractivity (Wildman–Crippen MR) is 108 cm³/mol. The molecule has 0 spiro atoms. The van der Waals surface area contributed by atoms with Gasteiger partial charge in [0, 0.05) is 15.8 Å². The van der Waals surface area contributed by atoms with Gasteiger partial charge in [-0.05, 0) is 73.1 Å². The lowest BCUT2D eigenvalue weighted by Gasteiger charge is -2.26. The Kier molecular flexibility index (Phi) is 5.90. The predicted octanol–water partition coefficient (Wildman–Crippen LogP) is 3.84. The lowest BCUT2D eigenvalue weighted by atomic mass is 9.84. The van der Waals surface area contributed by atoms with Crippen LogP contribution in [0.2, 0.25) is 0 Å². The van der Waals surface area contributed by atoms with Crippen molar-refractivity contribution in [1.29, 1.82) is 0 Å².